The lowest BCUT2D eigenvalue weighted by Crippen LogP contribution is -2.61. The molecule has 0 N–H and O–H groups in total. The average Bonchev–Trinajstić information content (AvgIpc) is 3.60. The molecule has 5 aromatic carbocycles. The first kappa shape index (κ1) is 42.9. The second kappa shape index (κ2) is 13.3. The van der Waals surface area contributed by atoms with Crippen LogP contribution in [-0.2, 0) is 37.9 Å². The van der Waals surface area contributed by atoms with E-state index in [-0.39, 0.29) is 44.6 Å². The minimum atomic E-state index is -0.0847. The van der Waals surface area contributed by atoms with E-state index >= 15 is 0 Å². The Morgan fingerprint density at radius 2 is 0.923 bits per heavy atom. The standard InChI is InChI=1S/C61H73BN2O/c1-36-29-49-52-50(30-36)64(39-19-21-42-44(33-39)59(11,12)26-24-57(42,7)8)53-40-34-45-46(61(15,16)28-27-60(45,13)14)35-51(40)65-54(53)62(52)47-22-17-37(55(2,3)4)31-48(47)63(49)38-18-20-41-43(32-38)58(9,10)25-23-56(41,5)6/h17-22,29-35H,23-28H2,1-16H3. The third kappa shape index (κ3) is 6.19. The highest BCUT2D eigenvalue weighted by molar-refractivity contribution is 7.00. The molecule has 4 heteroatoms. The average molecular weight is 861 g/mol. The monoisotopic (exact) mass is 861 g/mol. The van der Waals surface area contributed by atoms with E-state index in [9.17, 15) is 0 Å². The second-order valence-corrected chi connectivity index (χ2v) is 26.3. The van der Waals surface area contributed by atoms with Gasteiger partial charge in [-0.1, -0.05) is 128 Å². The third-order valence-electron chi connectivity index (χ3n) is 17.8. The van der Waals surface area contributed by atoms with Crippen LogP contribution in [0.15, 0.2) is 83.3 Å². The summed E-state index contributed by atoms with van der Waals surface area (Å²) in [6.07, 6.45) is 7.08. The van der Waals surface area contributed by atoms with Crippen LogP contribution in [0.2, 0.25) is 0 Å². The van der Waals surface area contributed by atoms with E-state index in [0.29, 0.717) is 0 Å². The van der Waals surface area contributed by atoms with Crippen molar-refractivity contribution in [1.29, 1.82) is 0 Å². The van der Waals surface area contributed by atoms with Crippen molar-refractivity contribution in [2.24, 2.45) is 0 Å². The van der Waals surface area contributed by atoms with Gasteiger partial charge in [0.15, 0.2) is 0 Å². The summed E-state index contributed by atoms with van der Waals surface area (Å²) in [5.41, 5.74) is 24.1. The summed E-state index contributed by atoms with van der Waals surface area (Å²) in [6.45, 7) is 38.7. The lowest BCUT2D eigenvalue weighted by atomic mass is 9.35. The Morgan fingerprint density at radius 3 is 1.43 bits per heavy atom. The van der Waals surface area contributed by atoms with Gasteiger partial charge in [0.05, 0.1) is 11.3 Å². The van der Waals surface area contributed by atoms with Gasteiger partial charge in [0.1, 0.15) is 5.58 Å². The van der Waals surface area contributed by atoms with Gasteiger partial charge >= 0.3 is 0 Å². The first-order chi connectivity index (χ1) is 30.2. The number of hydrogen-bond acceptors (Lipinski definition) is 3. The zero-order chi connectivity index (χ0) is 46.3. The van der Waals surface area contributed by atoms with E-state index in [4.69, 9.17) is 4.42 Å². The molecule has 2 aliphatic heterocycles. The number of nitrogens with zero attached hydrogens (tertiary/aromatic N) is 2. The topological polar surface area (TPSA) is 19.6 Å². The number of benzene rings is 5. The Hall–Kier alpha value is -4.70. The maximum Gasteiger partial charge on any atom is 0.297 e. The fraction of sp³-hybridized carbons (Fsp3) is 0.475. The zero-order valence-corrected chi connectivity index (χ0v) is 42.6. The largest absolute Gasteiger partial charge is 0.468 e. The molecule has 65 heavy (non-hydrogen) atoms. The van der Waals surface area contributed by atoms with Crippen LogP contribution < -0.4 is 26.4 Å². The minimum absolute atomic E-state index is 0.0258. The molecule has 5 aliphatic rings. The van der Waals surface area contributed by atoms with Gasteiger partial charge in [0.2, 0.25) is 0 Å². The van der Waals surface area contributed by atoms with Gasteiger partial charge in [-0.3, -0.25) is 0 Å². The number of furan rings is 1. The Kier molecular flexibility index (Phi) is 8.75. The van der Waals surface area contributed by atoms with Crippen LogP contribution in [0.3, 0.4) is 0 Å². The number of fused-ring (bicyclic) bond motifs is 9. The molecule has 0 unspecified atom stereocenters. The van der Waals surface area contributed by atoms with Crippen molar-refractivity contribution in [1.82, 2.24) is 0 Å². The predicted octanol–water partition coefficient (Wildman–Crippen LogP) is 15.2. The highest BCUT2D eigenvalue weighted by Gasteiger charge is 2.49. The van der Waals surface area contributed by atoms with Crippen molar-refractivity contribution in [2.75, 3.05) is 9.80 Å². The smallest absolute Gasteiger partial charge is 0.297 e. The molecule has 0 bridgehead atoms. The summed E-state index contributed by atoms with van der Waals surface area (Å²) in [6, 6.07) is 32.3. The van der Waals surface area contributed by atoms with Crippen LogP contribution in [0.5, 0.6) is 0 Å². The van der Waals surface area contributed by atoms with Crippen LogP contribution in [0.4, 0.5) is 34.1 Å². The summed E-state index contributed by atoms with van der Waals surface area (Å²) < 4.78 is 7.60. The SMILES string of the molecule is Cc1cc2c3c(c1)N(c1ccc4c(c1)C(C)(C)CCC4(C)C)c1c(oc4cc5c(cc14)C(C)(C)CCC5(C)C)B3c1ccc(C(C)(C)C)cc1N2c1ccc2c(c1)C(C)(C)CCC2(C)C. The third-order valence-corrected chi connectivity index (χ3v) is 17.8. The van der Waals surface area contributed by atoms with E-state index in [1.165, 1.54) is 133 Å². The Balaban J connectivity index is 1.25. The first-order valence-electron chi connectivity index (χ1n) is 25.0. The lowest BCUT2D eigenvalue weighted by Gasteiger charge is -2.45. The molecule has 336 valence electrons. The maximum atomic E-state index is 7.60. The van der Waals surface area contributed by atoms with E-state index in [1.807, 2.05) is 0 Å². The molecule has 1 aromatic heterocycles. The van der Waals surface area contributed by atoms with Crippen LogP contribution in [-0.4, -0.2) is 6.71 Å². The molecule has 0 radical (unpaired) electrons. The lowest BCUT2D eigenvalue weighted by molar-refractivity contribution is 0.332. The molecule has 3 aliphatic carbocycles. The van der Waals surface area contributed by atoms with Crippen molar-refractivity contribution in [3.63, 3.8) is 0 Å². The molecule has 6 aromatic rings. The van der Waals surface area contributed by atoms with Crippen molar-refractivity contribution in [3.8, 4) is 0 Å². The molecule has 0 fully saturated rings. The second-order valence-electron chi connectivity index (χ2n) is 26.3. The van der Waals surface area contributed by atoms with Gasteiger partial charge in [-0.15, -0.1) is 0 Å². The van der Waals surface area contributed by atoms with E-state index in [2.05, 4.69) is 199 Å². The van der Waals surface area contributed by atoms with Gasteiger partial charge in [0, 0.05) is 33.8 Å². The minimum Gasteiger partial charge on any atom is -0.468 e. The molecule has 0 spiro atoms. The van der Waals surface area contributed by atoms with Crippen LogP contribution in [0.25, 0.3) is 11.0 Å². The number of rotatable bonds is 2. The number of anilines is 6. The van der Waals surface area contributed by atoms with Crippen LogP contribution >= 0.6 is 0 Å². The Labute approximate surface area is 391 Å². The normalized spacial score (nSPS) is 21.2. The molecule has 0 amide bonds. The fourth-order valence-corrected chi connectivity index (χ4v) is 13.1. The van der Waals surface area contributed by atoms with Crippen LogP contribution in [0.1, 0.15) is 187 Å². The van der Waals surface area contributed by atoms with Crippen molar-refractivity contribution >= 4 is 68.4 Å². The van der Waals surface area contributed by atoms with E-state index in [0.717, 1.165) is 11.2 Å². The highest BCUT2D eigenvalue weighted by atomic mass is 16.3. The summed E-state index contributed by atoms with van der Waals surface area (Å²) in [5.74, 6) is 0. The summed E-state index contributed by atoms with van der Waals surface area (Å²) in [7, 11) is 0. The predicted molar refractivity (Wildman–Crippen MR) is 280 cm³/mol. The van der Waals surface area contributed by atoms with Gasteiger partial charge < -0.3 is 14.2 Å². The first-order valence-corrected chi connectivity index (χ1v) is 25.0. The van der Waals surface area contributed by atoms with E-state index in [1.54, 1.807) is 0 Å². The van der Waals surface area contributed by atoms with Crippen molar-refractivity contribution < 1.29 is 4.42 Å². The number of hydrogen-bond donors (Lipinski definition) is 0. The molecule has 3 heterocycles. The highest BCUT2D eigenvalue weighted by Crippen LogP contribution is 2.55. The Bertz CT molecular complexity index is 3020. The molecule has 11 rings (SSSR count). The maximum absolute atomic E-state index is 7.60. The zero-order valence-electron chi connectivity index (χ0n) is 42.6. The van der Waals surface area contributed by atoms with Gasteiger partial charge in [-0.05, 0) is 193 Å². The fourth-order valence-electron chi connectivity index (χ4n) is 13.1. The number of aryl methyl sites for hydroxylation is 1. The molecular weight excluding hydrogens is 787 g/mol. The summed E-state index contributed by atoms with van der Waals surface area (Å²) >= 11 is 0. The van der Waals surface area contributed by atoms with Crippen molar-refractivity contribution in [2.45, 2.75) is 187 Å². The molecule has 0 saturated carbocycles. The molecular formula is C61H73BN2O. The van der Waals surface area contributed by atoms with Crippen molar-refractivity contribution in [3.05, 3.63) is 123 Å². The summed E-state index contributed by atoms with van der Waals surface area (Å²) in [4.78, 5) is 5.28. The molecule has 0 atom stereocenters. The van der Waals surface area contributed by atoms with Crippen LogP contribution in [0, 0.1) is 6.92 Å². The quantitative estimate of drug-likeness (QED) is 0.161. The van der Waals surface area contributed by atoms with Gasteiger partial charge in [-0.25, -0.2) is 0 Å². The van der Waals surface area contributed by atoms with Gasteiger partial charge in [-0.2, -0.15) is 0 Å². The molecule has 3 nitrogen and oxygen atoms in total. The molecule has 0 saturated heterocycles. The Morgan fingerprint density at radius 1 is 0.477 bits per heavy atom. The summed E-state index contributed by atoms with van der Waals surface area (Å²) in [5, 5.41) is 1.23. The van der Waals surface area contributed by atoms with Gasteiger partial charge in [0.25, 0.3) is 6.71 Å². The van der Waals surface area contributed by atoms with E-state index < -0.39 is 0 Å².